The van der Waals surface area contributed by atoms with Gasteiger partial charge in [0.05, 0.1) is 17.7 Å². The monoisotopic (exact) mass is 601 g/mol. The number of aryl methyl sites for hydroxylation is 1. The van der Waals surface area contributed by atoms with Crippen LogP contribution in [-0.4, -0.2) is 42.3 Å². The highest BCUT2D eigenvalue weighted by Gasteiger charge is 2.19. The Morgan fingerprint density at radius 2 is 1.55 bits per heavy atom. The van der Waals surface area contributed by atoms with Crippen LogP contribution < -0.4 is 4.80 Å². The van der Waals surface area contributed by atoms with E-state index in [1.54, 1.807) is 28.9 Å². The fraction of sp³-hybridized carbons (Fsp3) is 0.121. The van der Waals surface area contributed by atoms with Crippen LogP contribution in [0.4, 0.5) is 0 Å². The molecule has 2 aromatic heterocycles. The number of hydrogen-bond acceptors (Lipinski definition) is 8. The van der Waals surface area contributed by atoms with Crippen molar-refractivity contribution in [2.75, 3.05) is 0 Å². The molecule has 218 valence electrons. The first kappa shape index (κ1) is 28.6. The summed E-state index contributed by atoms with van der Waals surface area (Å²) in [5.41, 5.74) is 5.04. The predicted octanol–water partition coefficient (Wildman–Crippen LogP) is 5.50. The molecule has 0 radical (unpaired) electrons. The number of tetrazole rings is 1. The van der Waals surface area contributed by atoms with Crippen LogP contribution in [0.15, 0.2) is 108 Å². The van der Waals surface area contributed by atoms with E-state index in [2.05, 4.69) is 25.6 Å². The van der Waals surface area contributed by atoms with Crippen molar-refractivity contribution in [1.29, 1.82) is 0 Å². The molecule has 11 heteroatoms. The van der Waals surface area contributed by atoms with E-state index in [0.29, 0.717) is 23.6 Å². The second-order valence-electron chi connectivity index (χ2n) is 9.79. The van der Waals surface area contributed by atoms with E-state index in [0.717, 1.165) is 32.8 Å². The maximum atomic E-state index is 13.4. The van der Waals surface area contributed by atoms with Crippen LogP contribution in [-0.2, 0) is 24.3 Å². The molecular weight excluding hydrogens is 574 g/mol. The number of aromatic nitrogens is 6. The highest BCUT2D eigenvalue weighted by molar-refractivity contribution is 7.08. The van der Waals surface area contributed by atoms with Crippen LogP contribution in [0.1, 0.15) is 43.8 Å². The van der Waals surface area contributed by atoms with Crippen molar-refractivity contribution in [2.45, 2.75) is 26.5 Å². The highest BCUT2D eigenvalue weighted by Crippen LogP contribution is 2.29. The van der Waals surface area contributed by atoms with E-state index in [9.17, 15) is 9.59 Å². The second-order valence-corrected chi connectivity index (χ2v) is 10.8. The minimum absolute atomic E-state index is 0.107. The Morgan fingerprint density at radius 3 is 2.27 bits per heavy atom. The third-order valence-electron chi connectivity index (χ3n) is 6.86. The van der Waals surface area contributed by atoms with Gasteiger partial charge in [0.2, 0.25) is 10.6 Å². The van der Waals surface area contributed by atoms with Gasteiger partial charge in [-0.1, -0.05) is 109 Å². The number of nitrogens with one attached hydrogen (secondary N) is 1. The first-order chi connectivity index (χ1) is 21.6. The molecule has 0 saturated carbocycles. The molecule has 1 N–H and O–H groups in total. The summed E-state index contributed by atoms with van der Waals surface area (Å²) in [6.45, 7) is 2.52. The van der Waals surface area contributed by atoms with Gasteiger partial charge in [0, 0.05) is 5.56 Å². The number of nitrogens with zero attached hydrogens (tertiary/aromatic N) is 6. The van der Waals surface area contributed by atoms with Gasteiger partial charge >= 0.3 is 5.97 Å². The summed E-state index contributed by atoms with van der Waals surface area (Å²) in [5.74, 6) is -0.595. The quantitative estimate of drug-likeness (QED) is 0.217. The standard InChI is InChI=1S/C33H27N7O3S/c1-2-29-37-40(20-22-16-18-24(19-17-22)25-12-6-7-13-26(25)30-35-38-39-36-30)33(44-29)34-31(41)27-14-8-9-15-28(27)32(42)43-21-23-10-4-3-5-11-23/h3-19H,2,20-21H2,1H3,(H,35,36,38,39). The van der Waals surface area contributed by atoms with Crippen molar-refractivity contribution >= 4 is 23.2 Å². The summed E-state index contributed by atoms with van der Waals surface area (Å²) >= 11 is 1.35. The van der Waals surface area contributed by atoms with Gasteiger partial charge in [0.15, 0.2) is 0 Å². The molecule has 0 aliphatic heterocycles. The lowest BCUT2D eigenvalue weighted by molar-refractivity contribution is 0.0470. The van der Waals surface area contributed by atoms with Crippen molar-refractivity contribution in [1.82, 2.24) is 30.4 Å². The molecule has 0 fully saturated rings. The van der Waals surface area contributed by atoms with Crippen molar-refractivity contribution in [3.8, 4) is 22.5 Å². The summed E-state index contributed by atoms with van der Waals surface area (Å²) in [4.78, 5) is 31.2. The zero-order chi connectivity index (χ0) is 30.3. The zero-order valence-electron chi connectivity index (χ0n) is 23.8. The maximum absolute atomic E-state index is 13.4. The average Bonchev–Trinajstić information content (AvgIpc) is 3.75. The molecule has 10 nitrogen and oxygen atoms in total. The van der Waals surface area contributed by atoms with E-state index in [1.807, 2.05) is 85.8 Å². The van der Waals surface area contributed by atoms with Crippen LogP contribution in [0.2, 0.25) is 0 Å². The van der Waals surface area contributed by atoms with Crippen LogP contribution in [0.25, 0.3) is 22.5 Å². The first-order valence-electron chi connectivity index (χ1n) is 14.0. The molecule has 1 amide bonds. The lowest BCUT2D eigenvalue weighted by Crippen LogP contribution is -2.20. The van der Waals surface area contributed by atoms with E-state index >= 15 is 0 Å². The van der Waals surface area contributed by atoms with Gasteiger partial charge in [0.1, 0.15) is 11.6 Å². The zero-order valence-corrected chi connectivity index (χ0v) is 24.6. The molecule has 0 aliphatic carbocycles. The van der Waals surface area contributed by atoms with Gasteiger partial charge in [-0.3, -0.25) is 4.79 Å². The van der Waals surface area contributed by atoms with Crippen molar-refractivity contribution < 1.29 is 14.3 Å². The molecule has 0 unspecified atom stereocenters. The van der Waals surface area contributed by atoms with Crippen LogP contribution in [0.5, 0.6) is 0 Å². The normalized spacial score (nSPS) is 11.4. The molecule has 4 aromatic carbocycles. The van der Waals surface area contributed by atoms with Gasteiger partial charge in [-0.2, -0.15) is 15.3 Å². The van der Waals surface area contributed by atoms with Crippen LogP contribution in [0.3, 0.4) is 0 Å². The second kappa shape index (κ2) is 13.2. The number of carbonyl (C=O) groups is 2. The Balaban J connectivity index is 1.24. The largest absolute Gasteiger partial charge is 0.457 e. The minimum atomic E-state index is -0.583. The molecule has 6 aromatic rings. The maximum Gasteiger partial charge on any atom is 0.339 e. The molecule has 0 spiro atoms. The van der Waals surface area contributed by atoms with Crippen molar-refractivity contribution in [3.05, 3.63) is 135 Å². The Hall–Kier alpha value is -5.55. The molecular formula is C33H27N7O3S. The number of H-pyrrole nitrogens is 1. The van der Waals surface area contributed by atoms with Gasteiger partial charge in [-0.15, -0.1) is 10.2 Å². The molecule has 2 heterocycles. The summed E-state index contributed by atoms with van der Waals surface area (Å²) in [7, 11) is 0. The van der Waals surface area contributed by atoms with Crippen molar-refractivity contribution in [2.24, 2.45) is 4.99 Å². The number of aromatic amines is 1. The van der Waals surface area contributed by atoms with E-state index in [-0.39, 0.29) is 17.7 Å². The minimum Gasteiger partial charge on any atom is -0.457 e. The van der Waals surface area contributed by atoms with Gasteiger partial charge in [-0.05, 0) is 46.0 Å². The van der Waals surface area contributed by atoms with Gasteiger partial charge in [0.25, 0.3) is 5.91 Å². The predicted molar refractivity (Wildman–Crippen MR) is 166 cm³/mol. The molecule has 0 aliphatic rings. The topological polar surface area (TPSA) is 128 Å². The lowest BCUT2D eigenvalue weighted by Gasteiger charge is -2.09. The fourth-order valence-electron chi connectivity index (χ4n) is 4.65. The summed E-state index contributed by atoms with van der Waals surface area (Å²) in [6, 6.07) is 31.9. The molecule has 0 saturated heterocycles. The van der Waals surface area contributed by atoms with Crippen LogP contribution in [0, 0.1) is 0 Å². The average molecular weight is 602 g/mol. The summed E-state index contributed by atoms with van der Waals surface area (Å²) < 4.78 is 7.21. The highest BCUT2D eigenvalue weighted by atomic mass is 32.1. The van der Waals surface area contributed by atoms with E-state index < -0.39 is 11.9 Å². The Bertz CT molecular complexity index is 1970. The first-order valence-corrected chi connectivity index (χ1v) is 14.8. The third-order valence-corrected chi connectivity index (χ3v) is 7.95. The summed E-state index contributed by atoms with van der Waals surface area (Å²) in [6.07, 6.45) is 0.697. The van der Waals surface area contributed by atoms with E-state index in [1.165, 1.54) is 11.3 Å². The smallest absolute Gasteiger partial charge is 0.339 e. The van der Waals surface area contributed by atoms with E-state index in [4.69, 9.17) is 9.84 Å². The lowest BCUT2D eigenvalue weighted by atomic mass is 9.98. The number of esters is 1. The SMILES string of the molecule is CCc1nn(Cc2ccc(-c3ccccc3-c3nn[nH]n3)cc2)c(=NC(=O)c2ccccc2C(=O)OCc2ccccc2)s1. The Labute approximate surface area is 256 Å². The molecule has 0 atom stereocenters. The molecule has 6 rings (SSSR count). The number of amides is 1. The fourth-order valence-corrected chi connectivity index (χ4v) is 5.48. The number of ether oxygens (including phenoxy) is 1. The number of hydrogen-bond donors (Lipinski definition) is 1. The van der Waals surface area contributed by atoms with Gasteiger partial charge in [-0.25, -0.2) is 9.48 Å². The third kappa shape index (κ3) is 6.42. The van der Waals surface area contributed by atoms with Crippen LogP contribution >= 0.6 is 11.3 Å². The summed E-state index contributed by atoms with van der Waals surface area (Å²) in [5, 5.41) is 20.0. The number of rotatable bonds is 9. The Morgan fingerprint density at radius 1 is 0.841 bits per heavy atom. The number of carbonyl (C=O) groups excluding carboxylic acids is 2. The Kier molecular flexibility index (Phi) is 8.55. The van der Waals surface area contributed by atoms with Gasteiger partial charge < -0.3 is 4.74 Å². The molecule has 0 bridgehead atoms. The number of benzene rings is 4. The van der Waals surface area contributed by atoms with Crippen molar-refractivity contribution in [3.63, 3.8) is 0 Å². The molecule has 44 heavy (non-hydrogen) atoms.